The molecule has 0 saturated carbocycles. The maximum atomic E-state index is 9.33. The van der Waals surface area contributed by atoms with Gasteiger partial charge in [0.1, 0.15) is 0 Å². The van der Waals surface area contributed by atoms with Gasteiger partial charge in [-0.2, -0.15) is 0 Å². The summed E-state index contributed by atoms with van der Waals surface area (Å²) in [6, 6.07) is 0. The molecule has 0 aliphatic rings. The van der Waals surface area contributed by atoms with Crippen molar-refractivity contribution in [2.24, 2.45) is 5.10 Å². The van der Waals surface area contributed by atoms with Gasteiger partial charge in [0, 0.05) is 6.54 Å². The van der Waals surface area contributed by atoms with Crippen molar-refractivity contribution in [2.45, 2.75) is 13.3 Å². The van der Waals surface area contributed by atoms with Crippen LogP contribution in [-0.4, -0.2) is 12.6 Å². The zero-order valence-corrected chi connectivity index (χ0v) is 5.49. The van der Waals surface area contributed by atoms with Gasteiger partial charge in [0.2, 0.25) is 0 Å². The molecule has 0 saturated heterocycles. The van der Waals surface area contributed by atoms with Crippen LogP contribution in [0.5, 0.6) is 0 Å². The molecule has 0 bridgehead atoms. The third-order valence-electron chi connectivity index (χ3n) is 0.487. The van der Waals surface area contributed by atoms with Gasteiger partial charge in [-0.25, -0.2) is 4.79 Å². The van der Waals surface area contributed by atoms with Crippen LogP contribution in [0, 0.1) is 0 Å². The second-order valence-electron chi connectivity index (χ2n) is 1.11. The molecule has 0 heterocycles. The molecule has 0 aliphatic heterocycles. The molecule has 0 radical (unpaired) electrons. The number of halogens is 1. The molecule has 48 valence electrons. The lowest BCUT2D eigenvalue weighted by Gasteiger charge is -1.86. The van der Waals surface area contributed by atoms with Crippen molar-refractivity contribution in [3.05, 3.63) is 0 Å². The van der Waals surface area contributed by atoms with Crippen molar-refractivity contribution in [1.82, 2.24) is 5.43 Å². The van der Waals surface area contributed by atoms with Gasteiger partial charge in [0.15, 0.2) is 0 Å². The molecular weight excluding hydrogens is 128 g/mol. The third-order valence-corrected chi connectivity index (χ3v) is 0.487. The fourth-order valence-corrected chi connectivity index (χ4v) is 0.200. The van der Waals surface area contributed by atoms with E-state index in [4.69, 9.17) is 0 Å². The highest BCUT2D eigenvalue weighted by atomic mass is 35.5. The van der Waals surface area contributed by atoms with Gasteiger partial charge in [-0.05, 0) is 6.42 Å². The lowest BCUT2D eigenvalue weighted by atomic mass is 10.5. The number of nitrogens with one attached hydrogen (secondary N) is 1. The Morgan fingerprint density at radius 3 is 2.75 bits per heavy atom. The van der Waals surface area contributed by atoms with E-state index in [9.17, 15) is 4.79 Å². The van der Waals surface area contributed by atoms with Crippen molar-refractivity contribution in [2.75, 3.05) is 6.54 Å². The maximum Gasteiger partial charge on any atom is 0.258 e. The number of hydrazone groups is 1. The fourth-order valence-electron chi connectivity index (χ4n) is 0.200. The molecule has 4 heteroatoms. The zero-order chi connectivity index (χ0) is 5.54. The maximum absolute atomic E-state index is 9.33. The number of isocyanates is 1. The Kier molecular flexibility index (Phi) is 12.7. The van der Waals surface area contributed by atoms with Crippen molar-refractivity contribution >= 4 is 18.5 Å². The van der Waals surface area contributed by atoms with Crippen LogP contribution in [0.2, 0.25) is 0 Å². The first-order valence-corrected chi connectivity index (χ1v) is 2.21. The molecule has 1 N–H and O–H groups in total. The van der Waals surface area contributed by atoms with Gasteiger partial charge < -0.3 is 0 Å². The Balaban J connectivity index is 0. The van der Waals surface area contributed by atoms with Crippen LogP contribution >= 0.6 is 12.4 Å². The van der Waals surface area contributed by atoms with Crippen molar-refractivity contribution < 1.29 is 4.79 Å². The summed E-state index contributed by atoms with van der Waals surface area (Å²) in [4.78, 5) is 9.33. The molecule has 3 nitrogen and oxygen atoms in total. The molecule has 0 fully saturated rings. The molecule has 8 heavy (non-hydrogen) atoms. The summed E-state index contributed by atoms with van der Waals surface area (Å²) < 4.78 is 0. The standard InChI is InChI=1S/C4H8N2O.ClH/c1-2-3-5-6-4-7;/h5H,2-3H2,1H3;1H. The number of carbonyl (C=O) groups excluding carboxylic acids is 1. The minimum atomic E-state index is 0. The SMILES string of the molecule is CCCNN=C=O.Cl. The minimum Gasteiger partial charge on any atom is -0.299 e. The Labute approximate surface area is 54.6 Å². The van der Waals surface area contributed by atoms with E-state index in [0.29, 0.717) is 0 Å². The van der Waals surface area contributed by atoms with E-state index in [2.05, 4.69) is 10.5 Å². The number of rotatable bonds is 3. The predicted molar refractivity (Wildman–Crippen MR) is 33.7 cm³/mol. The summed E-state index contributed by atoms with van der Waals surface area (Å²) in [7, 11) is 0. The Hall–Kier alpha value is -0.530. The first-order valence-electron chi connectivity index (χ1n) is 2.21. The van der Waals surface area contributed by atoms with Crippen LogP contribution in [0.15, 0.2) is 5.10 Å². The highest BCUT2D eigenvalue weighted by Gasteiger charge is 1.70. The van der Waals surface area contributed by atoms with Gasteiger partial charge in [0.05, 0.1) is 0 Å². The number of hydrogen-bond acceptors (Lipinski definition) is 3. The van der Waals surface area contributed by atoms with E-state index in [1.807, 2.05) is 6.92 Å². The molecular formula is C4H9ClN2O. The minimum absolute atomic E-state index is 0. The van der Waals surface area contributed by atoms with E-state index in [0.717, 1.165) is 13.0 Å². The highest BCUT2D eigenvalue weighted by Crippen LogP contribution is 1.65. The van der Waals surface area contributed by atoms with Crippen molar-refractivity contribution in [1.29, 1.82) is 0 Å². The van der Waals surface area contributed by atoms with Gasteiger partial charge in [-0.1, -0.05) is 12.0 Å². The summed E-state index contributed by atoms with van der Waals surface area (Å²) >= 11 is 0. The third kappa shape index (κ3) is 9.08. The summed E-state index contributed by atoms with van der Waals surface area (Å²) in [6.07, 6.45) is 2.34. The van der Waals surface area contributed by atoms with E-state index >= 15 is 0 Å². The summed E-state index contributed by atoms with van der Waals surface area (Å²) in [5, 5.41) is 3.11. The highest BCUT2D eigenvalue weighted by molar-refractivity contribution is 5.85. The summed E-state index contributed by atoms with van der Waals surface area (Å²) in [6.45, 7) is 2.74. The molecule has 0 spiro atoms. The first kappa shape index (κ1) is 10.5. The second kappa shape index (κ2) is 9.69. The van der Waals surface area contributed by atoms with Crippen molar-refractivity contribution in [3.8, 4) is 0 Å². The Morgan fingerprint density at radius 2 is 2.38 bits per heavy atom. The second-order valence-corrected chi connectivity index (χ2v) is 1.11. The van der Waals surface area contributed by atoms with Crippen LogP contribution < -0.4 is 5.43 Å². The average Bonchev–Trinajstić information content (AvgIpc) is 1.69. The first-order chi connectivity index (χ1) is 3.41. The summed E-state index contributed by atoms with van der Waals surface area (Å²) in [5.41, 5.74) is 2.49. The number of nitrogens with zero attached hydrogens (tertiary/aromatic N) is 1. The monoisotopic (exact) mass is 136 g/mol. The van der Waals surface area contributed by atoms with E-state index in [1.165, 1.54) is 6.08 Å². The Morgan fingerprint density at radius 1 is 1.75 bits per heavy atom. The average molecular weight is 137 g/mol. The van der Waals surface area contributed by atoms with Crippen LogP contribution in [0.3, 0.4) is 0 Å². The van der Waals surface area contributed by atoms with Gasteiger partial charge in [-0.15, -0.1) is 12.4 Å². The van der Waals surface area contributed by atoms with Crippen LogP contribution in [-0.2, 0) is 4.79 Å². The van der Waals surface area contributed by atoms with Crippen LogP contribution in [0.1, 0.15) is 13.3 Å². The summed E-state index contributed by atoms with van der Waals surface area (Å²) in [5.74, 6) is 0. The fraction of sp³-hybridized carbons (Fsp3) is 0.750. The normalized spacial score (nSPS) is 6.12. The van der Waals surface area contributed by atoms with Gasteiger partial charge in [0.25, 0.3) is 6.08 Å². The molecule has 0 aliphatic carbocycles. The zero-order valence-electron chi connectivity index (χ0n) is 4.68. The molecule has 0 aromatic carbocycles. The molecule has 0 amide bonds. The molecule has 0 unspecified atom stereocenters. The topological polar surface area (TPSA) is 41.5 Å². The smallest absolute Gasteiger partial charge is 0.258 e. The van der Waals surface area contributed by atoms with Gasteiger partial charge >= 0.3 is 0 Å². The number of hydrogen-bond donors (Lipinski definition) is 1. The van der Waals surface area contributed by atoms with E-state index in [1.54, 1.807) is 0 Å². The molecule has 0 atom stereocenters. The lowest BCUT2D eigenvalue weighted by molar-refractivity contribution is 0.556. The molecule has 0 aromatic rings. The Bertz CT molecular complexity index is 80.1. The van der Waals surface area contributed by atoms with E-state index in [-0.39, 0.29) is 12.4 Å². The van der Waals surface area contributed by atoms with Crippen LogP contribution in [0.25, 0.3) is 0 Å². The largest absolute Gasteiger partial charge is 0.299 e. The van der Waals surface area contributed by atoms with Gasteiger partial charge in [-0.3, -0.25) is 5.43 Å². The van der Waals surface area contributed by atoms with Crippen molar-refractivity contribution in [3.63, 3.8) is 0 Å². The van der Waals surface area contributed by atoms with Crippen LogP contribution in [0.4, 0.5) is 0 Å². The lowest BCUT2D eigenvalue weighted by Crippen LogP contribution is -2.04. The molecule has 0 aromatic heterocycles. The predicted octanol–water partition coefficient (Wildman–Crippen LogP) is 0.659. The van der Waals surface area contributed by atoms with E-state index < -0.39 is 0 Å². The molecule has 0 rings (SSSR count). The quantitative estimate of drug-likeness (QED) is 0.268.